The number of hydrogen-bond donors (Lipinski definition) is 0. The summed E-state index contributed by atoms with van der Waals surface area (Å²) in [6, 6.07) is 0. The highest BCUT2D eigenvalue weighted by Gasteiger charge is 2.27. The van der Waals surface area contributed by atoms with Crippen LogP contribution in [-0.4, -0.2) is 23.8 Å². The summed E-state index contributed by atoms with van der Waals surface area (Å²) in [7, 11) is 0. The van der Waals surface area contributed by atoms with Crippen molar-refractivity contribution in [2.45, 2.75) is 38.7 Å². The monoisotopic (exact) mass is 173 g/mol. The van der Waals surface area contributed by atoms with Crippen LogP contribution in [0.25, 0.3) is 0 Å². The molecule has 0 aromatic heterocycles. The maximum Gasteiger partial charge on any atom is 0.308 e. The van der Waals surface area contributed by atoms with Crippen molar-refractivity contribution in [1.29, 1.82) is 0 Å². The van der Waals surface area contributed by atoms with Gasteiger partial charge in [0.25, 0.3) is 0 Å². The van der Waals surface area contributed by atoms with Gasteiger partial charge in [-0.15, -0.1) is 0 Å². The summed E-state index contributed by atoms with van der Waals surface area (Å²) in [5, 5.41) is 7.45. The highest BCUT2D eigenvalue weighted by Crippen LogP contribution is 2.24. The van der Waals surface area contributed by atoms with Gasteiger partial charge < -0.3 is 9.84 Å². The molecule has 0 radical (unpaired) electrons. The van der Waals surface area contributed by atoms with Gasteiger partial charge in [0.1, 0.15) is 0 Å². The molecule has 12 heavy (non-hydrogen) atoms. The Morgan fingerprint density at radius 2 is 2.00 bits per heavy atom. The maximum absolute atomic E-state index is 11.2. The number of hydrogen-bond acceptors (Lipinski definition) is 2. The van der Waals surface area contributed by atoms with Gasteiger partial charge in [-0.3, -0.25) is 4.79 Å². The van der Waals surface area contributed by atoms with E-state index in [1.807, 2.05) is 6.92 Å². The summed E-state index contributed by atoms with van der Waals surface area (Å²) in [6.07, 6.45) is 3.43. The zero-order valence-corrected chi connectivity index (χ0v) is 7.51. The Kier molecular flexibility index (Phi) is 3.53. The zero-order valence-electron chi connectivity index (χ0n) is 7.51. The van der Waals surface area contributed by atoms with Crippen LogP contribution in [0.5, 0.6) is 0 Å². The Morgan fingerprint density at radius 1 is 1.42 bits per heavy atom. The van der Waals surface area contributed by atoms with E-state index in [1.165, 1.54) is 0 Å². The van der Waals surface area contributed by atoms with Gasteiger partial charge >= 0.3 is 5.97 Å². The Hall–Kier alpha value is -0.570. The van der Waals surface area contributed by atoms with Gasteiger partial charge in [-0.25, -0.2) is 0 Å². The van der Waals surface area contributed by atoms with Gasteiger partial charge in [-0.1, -0.05) is 0 Å². The summed E-state index contributed by atoms with van der Waals surface area (Å²) in [6.45, 7) is 2.30. The van der Waals surface area contributed by atoms with Crippen LogP contribution in [0.1, 0.15) is 32.6 Å². The van der Waals surface area contributed by atoms with Crippen molar-refractivity contribution in [3.8, 4) is 0 Å². The minimum Gasteiger partial charge on any atom is -0.466 e. The number of carbonyl (C=O) groups excluding carboxylic acids is 1. The van der Waals surface area contributed by atoms with E-state index in [9.17, 15) is 4.79 Å². The molecule has 1 saturated carbocycles. The topological polar surface area (TPSA) is 49.2 Å². The van der Waals surface area contributed by atoms with Crippen molar-refractivity contribution in [3.63, 3.8) is 0 Å². The van der Waals surface area contributed by atoms with Crippen molar-refractivity contribution in [2.24, 2.45) is 5.92 Å². The lowest BCUT2D eigenvalue weighted by Gasteiger charge is -2.21. The molecule has 0 unspecified atom stereocenters. The highest BCUT2D eigenvalue weighted by molar-refractivity contribution is 5.72. The van der Waals surface area contributed by atoms with Gasteiger partial charge in [-0.05, 0) is 19.8 Å². The first-order chi connectivity index (χ1) is 5.74. The second kappa shape index (κ2) is 4.45. The van der Waals surface area contributed by atoms with Crippen LogP contribution < -0.4 is 0 Å². The molecule has 1 rings (SSSR count). The summed E-state index contributed by atoms with van der Waals surface area (Å²) in [4.78, 5) is 11.2. The SMILES string of the molecule is CCOC(=O)C1CCC([OH2+])CC1. The summed E-state index contributed by atoms with van der Waals surface area (Å²) >= 11 is 0. The molecule has 1 aliphatic carbocycles. The van der Waals surface area contributed by atoms with Gasteiger partial charge in [0.2, 0.25) is 0 Å². The molecule has 0 spiro atoms. The largest absolute Gasteiger partial charge is 0.466 e. The predicted octanol–water partition coefficient (Wildman–Crippen LogP) is 0.833. The van der Waals surface area contributed by atoms with E-state index in [1.54, 1.807) is 0 Å². The predicted molar refractivity (Wildman–Crippen MR) is 46.0 cm³/mol. The molecule has 3 heteroatoms. The third kappa shape index (κ3) is 2.48. The number of rotatable bonds is 2. The van der Waals surface area contributed by atoms with Crippen molar-refractivity contribution in [3.05, 3.63) is 0 Å². The van der Waals surface area contributed by atoms with E-state index in [0.717, 1.165) is 25.7 Å². The second-order valence-corrected chi connectivity index (χ2v) is 3.30. The molecule has 3 nitrogen and oxygen atoms in total. The van der Waals surface area contributed by atoms with E-state index < -0.39 is 0 Å². The van der Waals surface area contributed by atoms with Crippen LogP contribution in [0.3, 0.4) is 0 Å². The first kappa shape index (κ1) is 9.52. The fourth-order valence-electron chi connectivity index (χ4n) is 1.59. The Bertz CT molecular complexity index is 148. The van der Waals surface area contributed by atoms with Crippen molar-refractivity contribution in [2.75, 3.05) is 6.61 Å². The van der Waals surface area contributed by atoms with Gasteiger partial charge in [0, 0.05) is 12.8 Å². The van der Waals surface area contributed by atoms with Crippen molar-refractivity contribution >= 4 is 5.97 Å². The van der Waals surface area contributed by atoms with Crippen molar-refractivity contribution < 1.29 is 14.6 Å². The lowest BCUT2D eigenvalue weighted by Crippen LogP contribution is -2.25. The van der Waals surface area contributed by atoms with E-state index in [2.05, 4.69) is 0 Å². The molecule has 0 heterocycles. The number of ether oxygens (including phenoxy) is 1. The maximum atomic E-state index is 11.2. The van der Waals surface area contributed by atoms with Crippen LogP contribution >= 0.6 is 0 Å². The van der Waals surface area contributed by atoms with Gasteiger partial charge in [0.15, 0.2) is 6.10 Å². The molecule has 0 bridgehead atoms. The van der Waals surface area contributed by atoms with Crippen LogP contribution in [0.15, 0.2) is 0 Å². The Labute approximate surface area is 72.7 Å². The molecule has 0 aromatic rings. The summed E-state index contributed by atoms with van der Waals surface area (Å²) in [5.41, 5.74) is 0. The van der Waals surface area contributed by atoms with Gasteiger partial charge in [-0.2, -0.15) is 0 Å². The third-order valence-electron chi connectivity index (χ3n) is 2.35. The zero-order chi connectivity index (χ0) is 8.97. The standard InChI is InChI=1S/C9H16O3/c1-2-12-9(11)7-3-5-8(10)6-4-7/h7-8,10H,2-6H2,1H3/p+1. The molecule has 2 N–H and O–H groups in total. The van der Waals surface area contributed by atoms with E-state index in [4.69, 9.17) is 9.84 Å². The average molecular weight is 173 g/mol. The lowest BCUT2D eigenvalue weighted by atomic mass is 9.88. The minimum absolute atomic E-state index is 0.0516. The molecule has 1 aliphatic rings. The molecule has 0 amide bonds. The number of carbonyl (C=O) groups is 1. The van der Waals surface area contributed by atoms with E-state index >= 15 is 0 Å². The molecule has 0 saturated heterocycles. The lowest BCUT2D eigenvalue weighted by molar-refractivity contribution is -0.149. The Morgan fingerprint density at radius 3 is 2.50 bits per heavy atom. The number of esters is 1. The quantitative estimate of drug-likeness (QED) is 0.459. The summed E-state index contributed by atoms with van der Waals surface area (Å²) in [5.74, 6) is 0.0101. The molecule has 1 fully saturated rings. The van der Waals surface area contributed by atoms with E-state index in [-0.39, 0.29) is 18.0 Å². The molecule has 0 aromatic carbocycles. The van der Waals surface area contributed by atoms with Crippen LogP contribution in [0, 0.1) is 5.92 Å². The molecular formula is C9H17O3+. The fraction of sp³-hybridized carbons (Fsp3) is 0.889. The minimum atomic E-state index is -0.0654. The van der Waals surface area contributed by atoms with Crippen LogP contribution in [0.2, 0.25) is 0 Å². The molecule has 70 valence electrons. The first-order valence-electron chi connectivity index (χ1n) is 4.61. The van der Waals surface area contributed by atoms with Gasteiger partial charge in [0.05, 0.1) is 12.5 Å². The molecular weight excluding hydrogens is 156 g/mol. The normalized spacial score (nSPS) is 29.8. The highest BCUT2D eigenvalue weighted by atomic mass is 16.5. The van der Waals surface area contributed by atoms with Crippen molar-refractivity contribution in [1.82, 2.24) is 0 Å². The van der Waals surface area contributed by atoms with E-state index in [0.29, 0.717) is 6.61 Å². The smallest absolute Gasteiger partial charge is 0.308 e. The third-order valence-corrected chi connectivity index (χ3v) is 2.35. The first-order valence-corrected chi connectivity index (χ1v) is 4.61. The van der Waals surface area contributed by atoms with Crippen LogP contribution in [-0.2, 0) is 9.53 Å². The second-order valence-electron chi connectivity index (χ2n) is 3.30. The van der Waals surface area contributed by atoms with Crippen LogP contribution in [0.4, 0.5) is 0 Å². The summed E-state index contributed by atoms with van der Waals surface area (Å²) < 4.78 is 4.92. The molecule has 0 atom stereocenters. The molecule has 0 aliphatic heterocycles. The fourth-order valence-corrected chi connectivity index (χ4v) is 1.59. The average Bonchev–Trinajstić information content (AvgIpc) is 2.06. The Balaban J connectivity index is 2.29.